The van der Waals surface area contributed by atoms with Gasteiger partial charge in [-0.1, -0.05) is 60.4 Å². The van der Waals surface area contributed by atoms with Crippen molar-refractivity contribution >= 4 is 62.8 Å². The van der Waals surface area contributed by atoms with E-state index in [-0.39, 0.29) is 18.4 Å². The van der Waals surface area contributed by atoms with Gasteiger partial charge in [0.15, 0.2) is 4.32 Å². The summed E-state index contributed by atoms with van der Waals surface area (Å²) in [6.07, 6.45) is 5.94. The van der Waals surface area contributed by atoms with Crippen molar-refractivity contribution in [1.82, 2.24) is 9.88 Å². The summed E-state index contributed by atoms with van der Waals surface area (Å²) >= 11 is 6.77. The average Bonchev–Trinajstić information content (AvgIpc) is 3.43. The molecule has 2 amide bonds. The second kappa shape index (κ2) is 7.74. The summed E-state index contributed by atoms with van der Waals surface area (Å²) in [6.45, 7) is 0.260. The number of fused-ring (bicyclic) bond motifs is 1. The van der Waals surface area contributed by atoms with Crippen LogP contribution in [0.2, 0.25) is 0 Å². The van der Waals surface area contributed by atoms with Gasteiger partial charge in [-0.15, -0.1) is 0 Å². The third-order valence-corrected chi connectivity index (χ3v) is 6.47. The Labute approximate surface area is 183 Å². The Morgan fingerprint density at radius 2 is 1.87 bits per heavy atom. The quantitative estimate of drug-likeness (QED) is 0.481. The summed E-state index contributed by atoms with van der Waals surface area (Å²) in [5, 5.41) is 4.03. The number of nitrogens with one attached hydrogen (secondary N) is 1. The van der Waals surface area contributed by atoms with Crippen LogP contribution in [0.25, 0.3) is 17.0 Å². The summed E-state index contributed by atoms with van der Waals surface area (Å²) in [6, 6.07) is 17.7. The molecule has 5 nitrogen and oxygen atoms in total. The highest BCUT2D eigenvalue weighted by molar-refractivity contribution is 8.27. The molecule has 0 radical (unpaired) electrons. The van der Waals surface area contributed by atoms with Crippen LogP contribution in [0.5, 0.6) is 0 Å². The molecule has 1 aliphatic heterocycles. The summed E-state index contributed by atoms with van der Waals surface area (Å²) < 4.78 is 2.46. The molecule has 2 aromatic carbocycles. The Morgan fingerprint density at radius 3 is 2.63 bits per heavy atom. The number of amides is 2. The molecule has 30 heavy (non-hydrogen) atoms. The van der Waals surface area contributed by atoms with Gasteiger partial charge >= 0.3 is 0 Å². The van der Waals surface area contributed by atoms with Gasteiger partial charge in [0.25, 0.3) is 5.91 Å². The molecular formula is C23H19N3O2S2. The van der Waals surface area contributed by atoms with Gasteiger partial charge in [-0.3, -0.25) is 14.5 Å². The summed E-state index contributed by atoms with van der Waals surface area (Å²) in [5.41, 5.74) is 2.63. The van der Waals surface area contributed by atoms with Crippen LogP contribution in [0.15, 0.2) is 65.7 Å². The van der Waals surface area contributed by atoms with Crippen LogP contribution in [0, 0.1) is 0 Å². The summed E-state index contributed by atoms with van der Waals surface area (Å²) in [7, 11) is 0. The predicted molar refractivity (Wildman–Crippen MR) is 125 cm³/mol. The summed E-state index contributed by atoms with van der Waals surface area (Å²) in [4.78, 5) is 27.5. The number of hydrogen-bond donors (Lipinski definition) is 1. The molecule has 1 aliphatic carbocycles. The molecule has 0 atom stereocenters. The van der Waals surface area contributed by atoms with Crippen LogP contribution >= 0.6 is 24.0 Å². The third kappa shape index (κ3) is 3.66. The molecule has 2 fully saturated rings. The van der Waals surface area contributed by atoms with Crippen molar-refractivity contribution in [2.24, 2.45) is 0 Å². The standard InChI is InChI=1S/C23H19N3O2S2/c27-21(24-16-10-11-16)14-25-13-15(18-8-4-5-9-19(18)25)12-20-22(28)26(23(29)30-20)17-6-2-1-3-7-17/h1-9,12-13,16H,10-11,14H2,(H,24,27)/b20-12-. The molecule has 0 bridgehead atoms. The number of nitrogens with zero attached hydrogens (tertiary/aromatic N) is 2. The number of rotatable bonds is 5. The first-order chi connectivity index (χ1) is 14.6. The lowest BCUT2D eigenvalue weighted by Gasteiger charge is -2.13. The van der Waals surface area contributed by atoms with E-state index in [4.69, 9.17) is 12.2 Å². The molecule has 2 heterocycles. The van der Waals surface area contributed by atoms with Crippen molar-refractivity contribution in [2.45, 2.75) is 25.4 Å². The normalized spacial score (nSPS) is 17.9. The molecule has 1 saturated heterocycles. The van der Waals surface area contributed by atoms with E-state index in [0.29, 0.717) is 15.3 Å². The Kier molecular flexibility index (Phi) is 4.92. The molecule has 7 heteroatoms. The number of benzene rings is 2. The largest absolute Gasteiger partial charge is 0.352 e. The number of carbonyl (C=O) groups excluding carboxylic acids is 2. The van der Waals surface area contributed by atoms with Crippen molar-refractivity contribution < 1.29 is 9.59 Å². The van der Waals surface area contributed by atoms with Gasteiger partial charge in [0.2, 0.25) is 5.91 Å². The second-order valence-electron chi connectivity index (χ2n) is 7.42. The SMILES string of the molecule is O=C(Cn1cc(/C=C2\SC(=S)N(c3ccccc3)C2=O)c2ccccc21)NC1CC1. The zero-order valence-corrected chi connectivity index (χ0v) is 17.7. The van der Waals surface area contributed by atoms with E-state index >= 15 is 0 Å². The number of hydrogen-bond acceptors (Lipinski definition) is 4. The lowest BCUT2D eigenvalue weighted by atomic mass is 10.1. The van der Waals surface area contributed by atoms with Crippen LogP contribution < -0.4 is 10.2 Å². The Morgan fingerprint density at radius 1 is 1.13 bits per heavy atom. The molecule has 2 aliphatic rings. The Bertz CT molecular complexity index is 1200. The molecule has 1 saturated carbocycles. The van der Waals surface area contributed by atoms with Crippen molar-refractivity contribution in [3.8, 4) is 0 Å². The molecule has 1 aromatic heterocycles. The fourth-order valence-corrected chi connectivity index (χ4v) is 4.88. The van der Waals surface area contributed by atoms with Crippen LogP contribution in [-0.2, 0) is 16.1 Å². The van der Waals surface area contributed by atoms with Crippen molar-refractivity contribution in [1.29, 1.82) is 0 Å². The van der Waals surface area contributed by atoms with Crippen molar-refractivity contribution in [3.05, 3.63) is 71.3 Å². The third-order valence-electron chi connectivity index (χ3n) is 5.17. The molecule has 0 unspecified atom stereocenters. The smallest absolute Gasteiger partial charge is 0.270 e. The molecule has 1 N–H and O–H groups in total. The van der Waals surface area contributed by atoms with E-state index < -0.39 is 0 Å². The lowest BCUT2D eigenvalue weighted by Crippen LogP contribution is -2.29. The minimum absolute atomic E-state index is 0.0141. The highest BCUT2D eigenvalue weighted by Crippen LogP contribution is 2.37. The van der Waals surface area contributed by atoms with E-state index in [0.717, 1.165) is 35.0 Å². The zero-order valence-electron chi connectivity index (χ0n) is 16.1. The molecule has 150 valence electrons. The first kappa shape index (κ1) is 19.1. The van der Waals surface area contributed by atoms with Gasteiger partial charge in [-0.2, -0.15) is 0 Å². The maximum absolute atomic E-state index is 13.0. The van der Waals surface area contributed by atoms with Gasteiger partial charge in [0.05, 0.1) is 10.6 Å². The van der Waals surface area contributed by atoms with Gasteiger partial charge in [-0.05, 0) is 37.1 Å². The first-order valence-corrected chi connectivity index (χ1v) is 11.0. The van der Waals surface area contributed by atoms with E-state index in [1.165, 1.54) is 11.8 Å². The highest BCUT2D eigenvalue weighted by Gasteiger charge is 2.33. The summed E-state index contributed by atoms with van der Waals surface area (Å²) in [5.74, 6) is -0.111. The van der Waals surface area contributed by atoms with Crippen molar-refractivity contribution in [2.75, 3.05) is 4.90 Å². The topological polar surface area (TPSA) is 54.3 Å². The number of para-hydroxylation sites is 2. The molecule has 5 rings (SSSR count). The van der Waals surface area contributed by atoms with Crippen LogP contribution in [-0.4, -0.2) is 26.7 Å². The fourth-order valence-electron chi connectivity index (χ4n) is 3.59. The van der Waals surface area contributed by atoms with Crippen molar-refractivity contribution in [3.63, 3.8) is 0 Å². The van der Waals surface area contributed by atoms with E-state index in [1.807, 2.05) is 71.4 Å². The Hall–Kier alpha value is -2.90. The lowest BCUT2D eigenvalue weighted by molar-refractivity contribution is -0.121. The number of anilines is 1. The minimum Gasteiger partial charge on any atom is -0.352 e. The van der Waals surface area contributed by atoms with Crippen LogP contribution in [0.1, 0.15) is 18.4 Å². The van der Waals surface area contributed by atoms with E-state index in [9.17, 15) is 9.59 Å². The van der Waals surface area contributed by atoms with E-state index in [1.54, 1.807) is 4.90 Å². The minimum atomic E-state index is -0.125. The van der Waals surface area contributed by atoms with Gasteiger partial charge < -0.3 is 9.88 Å². The maximum atomic E-state index is 13.0. The van der Waals surface area contributed by atoms with Gasteiger partial charge in [0.1, 0.15) is 6.54 Å². The zero-order chi connectivity index (χ0) is 20.7. The monoisotopic (exact) mass is 433 g/mol. The highest BCUT2D eigenvalue weighted by atomic mass is 32.2. The number of aromatic nitrogens is 1. The van der Waals surface area contributed by atoms with Gasteiger partial charge in [0, 0.05) is 28.7 Å². The molecule has 3 aromatic rings. The van der Waals surface area contributed by atoms with Crippen LogP contribution in [0.4, 0.5) is 5.69 Å². The Balaban J connectivity index is 1.47. The molecular weight excluding hydrogens is 414 g/mol. The average molecular weight is 434 g/mol. The van der Waals surface area contributed by atoms with Gasteiger partial charge in [-0.25, -0.2) is 0 Å². The fraction of sp³-hybridized carbons (Fsp3) is 0.174. The number of thioether (sulfide) groups is 1. The number of thiocarbonyl (C=S) groups is 1. The maximum Gasteiger partial charge on any atom is 0.270 e. The second-order valence-corrected chi connectivity index (χ2v) is 9.10. The van der Waals surface area contributed by atoms with Crippen LogP contribution in [0.3, 0.4) is 0 Å². The first-order valence-electron chi connectivity index (χ1n) is 9.80. The number of carbonyl (C=O) groups is 2. The predicted octanol–water partition coefficient (Wildman–Crippen LogP) is 4.33. The molecule has 0 spiro atoms. The van der Waals surface area contributed by atoms with E-state index in [2.05, 4.69) is 5.32 Å².